The largest absolute Gasteiger partial charge is 0.386 e. The van der Waals surface area contributed by atoms with Gasteiger partial charge in [0.25, 0.3) is 0 Å². The zero-order chi connectivity index (χ0) is 10.4. The van der Waals surface area contributed by atoms with E-state index >= 15 is 0 Å². The first kappa shape index (κ1) is 11.1. The molecule has 14 heavy (non-hydrogen) atoms. The van der Waals surface area contributed by atoms with E-state index in [9.17, 15) is 5.11 Å². The molecule has 3 nitrogen and oxygen atoms in total. The second-order valence-corrected chi connectivity index (χ2v) is 3.48. The fourth-order valence-electron chi connectivity index (χ4n) is 1.57. The van der Waals surface area contributed by atoms with Gasteiger partial charge in [-0.25, -0.2) is 0 Å². The molecule has 1 heterocycles. The molecule has 1 aromatic heterocycles. The minimum atomic E-state index is -0.527. The molecule has 2 atom stereocenters. The summed E-state index contributed by atoms with van der Waals surface area (Å²) in [5, 5.41) is 9.97. The van der Waals surface area contributed by atoms with Crippen molar-refractivity contribution in [2.45, 2.75) is 25.9 Å². The van der Waals surface area contributed by atoms with Gasteiger partial charge < -0.3 is 10.8 Å². The zero-order valence-electron chi connectivity index (χ0n) is 8.56. The maximum Gasteiger partial charge on any atom is 0.0999 e. The van der Waals surface area contributed by atoms with Crippen LogP contribution in [0.3, 0.4) is 0 Å². The van der Waals surface area contributed by atoms with Crippen LogP contribution in [-0.2, 0) is 0 Å². The minimum absolute atomic E-state index is 0.120. The Morgan fingerprint density at radius 3 is 2.79 bits per heavy atom. The summed E-state index contributed by atoms with van der Waals surface area (Å²) in [6.45, 7) is 2.60. The van der Waals surface area contributed by atoms with E-state index in [0.29, 0.717) is 6.54 Å². The van der Waals surface area contributed by atoms with Gasteiger partial charge in [0, 0.05) is 12.1 Å². The second kappa shape index (κ2) is 5.73. The van der Waals surface area contributed by atoms with Gasteiger partial charge in [0.15, 0.2) is 0 Å². The highest BCUT2D eigenvalue weighted by Gasteiger charge is 2.19. The van der Waals surface area contributed by atoms with Crippen LogP contribution in [0.5, 0.6) is 0 Å². The van der Waals surface area contributed by atoms with Gasteiger partial charge in [-0.1, -0.05) is 19.4 Å². The monoisotopic (exact) mass is 194 g/mol. The summed E-state index contributed by atoms with van der Waals surface area (Å²) in [5.74, 6) is 0.120. The lowest BCUT2D eigenvalue weighted by molar-refractivity contribution is 0.102. The van der Waals surface area contributed by atoms with E-state index in [1.165, 1.54) is 0 Å². The van der Waals surface area contributed by atoms with Crippen molar-refractivity contribution in [2.75, 3.05) is 6.54 Å². The van der Waals surface area contributed by atoms with Crippen LogP contribution >= 0.6 is 0 Å². The number of aliphatic hydroxyl groups is 1. The minimum Gasteiger partial charge on any atom is -0.386 e. The van der Waals surface area contributed by atoms with Crippen molar-refractivity contribution >= 4 is 0 Å². The lowest BCUT2D eigenvalue weighted by Crippen LogP contribution is -2.22. The maximum absolute atomic E-state index is 9.97. The molecule has 0 saturated heterocycles. The highest BCUT2D eigenvalue weighted by atomic mass is 16.3. The average Bonchev–Trinajstić information content (AvgIpc) is 2.26. The van der Waals surface area contributed by atoms with Gasteiger partial charge in [-0.05, 0) is 25.1 Å². The summed E-state index contributed by atoms with van der Waals surface area (Å²) >= 11 is 0. The van der Waals surface area contributed by atoms with Gasteiger partial charge in [-0.2, -0.15) is 0 Å². The Morgan fingerprint density at radius 2 is 2.29 bits per heavy atom. The van der Waals surface area contributed by atoms with Gasteiger partial charge in [0.2, 0.25) is 0 Å². The smallest absolute Gasteiger partial charge is 0.0999 e. The third-order valence-electron chi connectivity index (χ3n) is 2.40. The maximum atomic E-state index is 9.97. The van der Waals surface area contributed by atoms with Crippen molar-refractivity contribution in [3.8, 4) is 0 Å². The molecule has 0 spiro atoms. The molecule has 0 aliphatic carbocycles. The van der Waals surface area contributed by atoms with Crippen LogP contribution in [-0.4, -0.2) is 16.6 Å². The normalized spacial score (nSPS) is 15.1. The molecule has 0 bridgehead atoms. The number of pyridine rings is 1. The first-order valence-electron chi connectivity index (χ1n) is 5.08. The van der Waals surface area contributed by atoms with Crippen LogP contribution in [0.25, 0.3) is 0 Å². The molecule has 0 aliphatic heterocycles. The van der Waals surface area contributed by atoms with Crippen LogP contribution in [0.2, 0.25) is 0 Å². The lowest BCUT2D eigenvalue weighted by atomic mass is 9.95. The fraction of sp³-hybridized carbons (Fsp3) is 0.545. The molecule has 1 rings (SSSR count). The molecule has 3 N–H and O–H groups in total. The highest BCUT2D eigenvalue weighted by Crippen LogP contribution is 2.22. The Balaban J connectivity index is 2.67. The van der Waals surface area contributed by atoms with Gasteiger partial charge in [0.1, 0.15) is 0 Å². The molecule has 0 aliphatic rings. The lowest BCUT2D eigenvalue weighted by Gasteiger charge is -2.20. The Morgan fingerprint density at radius 1 is 1.50 bits per heavy atom. The first-order chi connectivity index (χ1) is 6.79. The Bertz CT molecular complexity index is 251. The van der Waals surface area contributed by atoms with Gasteiger partial charge in [-0.3, -0.25) is 4.98 Å². The molecular formula is C11H18N2O. The standard InChI is InChI=1S/C11H18N2O/c1-2-5-9(8-12)11(14)10-6-3-4-7-13-10/h3-4,6-7,9,11,14H,2,5,8,12H2,1H3. The first-order valence-corrected chi connectivity index (χ1v) is 5.08. The molecule has 0 saturated carbocycles. The van der Waals surface area contributed by atoms with Crippen LogP contribution < -0.4 is 5.73 Å². The van der Waals surface area contributed by atoms with Crippen LogP contribution in [0.1, 0.15) is 31.6 Å². The predicted octanol–water partition coefficient (Wildman–Crippen LogP) is 1.49. The number of nitrogens with zero attached hydrogens (tertiary/aromatic N) is 1. The molecule has 3 heteroatoms. The van der Waals surface area contributed by atoms with E-state index < -0.39 is 6.10 Å². The molecule has 78 valence electrons. The van der Waals surface area contributed by atoms with Crippen LogP contribution in [0.15, 0.2) is 24.4 Å². The van der Waals surface area contributed by atoms with Gasteiger partial charge >= 0.3 is 0 Å². The topological polar surface area (TPSA) is 59.1 Å². The molecule has 1 aromatic rings. The summed E-state index contributed by atoms with van der Waals surface area (Å²) < 4.78 is 0. The molecule has 0 aromatic carbocycles. The quantitative estimate of drug-likeness (QED) is 0.746. The Labute approximate surface area is 85.0 Å². The molecule has 0 fully saturated rings. The Hall–Kier alpha value is -0.930. The molecule has 2 unspecified atom stereocenters. The molecule has 0 radical (unpaired) electrons. The van der Waals surface area contributed by atoms with Crippen molar-refractivity contribution in [1.82, 2.24) is 4.98 Å². The van der Waals surface area contributed by atoms with Gasteiger partial charge in [-0.15, -0.1) is 0 Å². The van der Waals surface area contributed by atoms with E-state index in [1.807, 2.05) is 18.2 Å². The van der Waals surface area contributed by atoms with Crippen molar-refractivity contribution < 1.29 is 5.11 Å². The summed E-state index contributed by atoms with van der Waals surface area (Å²) in [4.78, 5) is 4.12. The third-order valence-corrected chi connectivity index (χ3v) is 2.40. The van der Waals surface area contributed by atoms with Crippen LogP contribution in [0.4, 0.5) is 0 Å². The number of hydrogen-bond donors (Lipinski definition) is 2. The molecule has 0 amide bonds. The van der Waals surface area contributed by atoms with Crippen molar-refractivity contribution in [3.05, 3.63) is 30.1 Å². The fourth-order valence-corrected chi connectivity index (χ4v) is 1.57. The van der Waals surface area contributed by atoms with Crippen molar-refractivity contribution in [1.29, 1.82) is 0 Å². The SMILES string of the molecule is CCCC(CN)C(O)c1ccccn1. The molecular weight excluding hydrogens is 176 g/mol. The Kier molecular flexibility index (Phi) is 4.56. The van der Waals surface area contributed by atoms with E-state index in [1.54, 1.807) is 6.20 Å². The van der Waals surface area contributed by atoms with Gasteiger partial charge in [0.05, 0.1) is 11.8 Å². The third kappa shape index (κ3) is 2.79. The highest BCUT2D eigenvalue weighted by molar-refractivity contribution is 5.07. The van der Waals surface area contributed by atoms with E-state index in [4.69, 9.17) is 5.73 Å². The number of rotatable bonds is 5. The average molecular weight is 194 g/mol. The zero-order valence-corrected chi connectivity index (χ0v) is 8.56. The van der Waals surface area contributed by atoms with Crippen molar-refractivity contribution in [3.63, 3.8) is 0 Å². The van der Waals surface area contributed by atoms with Crippen LogP contribution in [0, 0.1) is 5.92 Å². The predicted molar refractivity (Wildman–Crippen MR) is 56.6 cm³/mol. The second-order valence-electron chi connectivity index (χ2n) is 3.48. The van der Waals surface area contributed by atoms with E-state index in [2.05, 4.69) is 11.9 Å². The number of hydrogen-bond acceptors (Lipinski definition) is 3. The summed E-state index contributed by atoms with van der Waals surface area (Å²) in [7, 11) is 0. The van der Waals surface area contributed by atoms with Crippen molar-refractivity contribution in [2.24, 2.45) is 11.7 Å². The summed E-state index contributed by atoms with van der Waals surface area (Å²) in [5.41, 5.74) is 6.33. The number of nitrogens with two attached hydrogens (primary N) is 1. The number of aliphatic hydroxyl groups excluding tert-OH is 1. The number of aromatic nitrogens is 1. The summed E-state index contributed by atoms with van der Waals surface area (Å²) in [6.07, 6.45) is 3.14. The summed E-state index contributed by atoms with van der Waals surface area (Å²) in [6, 6.07) is 5.56. The van der Waals surface area contributed by atoms with E-state index in [-0.39, 0.29) is 5.92 Å². The van der Waals surface area contributed by atoms with E-state index in [0.717, 1.165) is 18.5 Å².